The number of amides is 1. The lowest BCUT2D eigenvalue weighted by atomic mass is 10.1. The zero-order valence-electron chi connectivity index (χ0n) is 10.2. The van der Waals surface area contributed by atoms with Crippen LogP contribution in [-0.2, 0) is 0 Å². The number of rotatable bonds is 2. The number of ether oxygens (including phenoxy) is 1. The Morgan fingerprint density at radius 1 is 1.21 bits per heavy atom. The second kappa shape index (κ2) is 6.02. The van der Waals surface area contributed by atoms with E-state index in [2.05, 4.69) is 4.74 Å². The molecular formula is C13H13ClFNO3. The second-order valence-electron chi connectivity index (χ2n) is 4.33. The average molecular weight is 286 g/mol. The van der Waals surface area contributed by atoms with Gasteiger partial charge in [-0.2, -0.15) is 0 Å². The Morgan fingerprint density at radius 3 is 2.53 bits per heavy atom. The molecule has 1 aromatic rings. The summed E-state index contributed by atoms with van der Waals surface area (Å²) in [6.07, 6.45) is 2.92. The molecule has 0 atom stereocenters. The van der Waals surface area contributed by atoms with Crippen molar-refractivity contribution in [2.45, 2.75) is 19.3 Å². The number of benzene rings is 1. The van der Waals surface area contributed by atoms with E-state index in [0.717, 1.165) is 25.3 Å². The molecule has 1 saturated heterocycles. The van der Waals surface area contributed by atoms with Gasteiger partial charge in [0.25, 0.3) is 5.91 Å². The number of likely N-dealkylation sites (tertiary alicyclic amines) is 1. The normalized spacial score (nSPS) is 15.2. The van der Waals surface area contributed by atoms with Crippen molar-refractivity contribution in [1.29, 1.82) is 0 Å². The molecule has 0 spiro atoms. The Balaban J connectivity index is 2.21. The molecule has 1 amide bonds. The molecule has 1 aliphatic rings. The van der Waals surface area contributed by atoms with Crippen molar-refractivity contribution in [3.05, 3.63) is 29.6 Å². The van der Waals surface area contributed by atoms with Gasteiger partial charge in [-0.05, 0) is 37.5 Å². The molecule has 1 aliphatic heterocycles. The van der Waals surface area contributed by atoms with Gasteiger partial charge in [0, 0.05) is 24.7 Å². The highest BCUT2D eigenvalue weighted by molar-refractivity contribution is 6.61. The fourth-order valence-corrected chi connectivity index (χ4v) is 2.18. The van der Waals surface area contributed by atoms with Crippen molar-refractivity contribution in [3.63, 3.8) is 0 Å². The summed E-state index contributed by atoms with van der Waals surface area (Å²) >= 11 is 5.08. The Kier molecular flexibility index (Phi) is 4.37. The number of hydrogen-bond donors (Lipinski definition) is 0. The van der Waals surface area contributed by atoms with E-state index in [1.807, 2.05) is 0 Å². The number of piperidine rings is 1. The third-order valence-corrected chi connectivity index (χ3v) is 3.09. The maximum atomic E-state index is 13.7. The fourth-order valence-electron chi connectivity index (χ4n) is 2.09. The largest absolute Gasteiger partial charge is 0.414 e. The molecule has 1 heterocycles. The predicted molar refractivity (Wildman–Crippen MR) is 68.0 cm³/mol. The van der Waals surface area contributed by atoms with Gasteiger partial charge in [-0.15, -0.1) is 0 Å². The summed E-state index contributed by atoms with van der Waals surface area (Å²) in [5.41, 5.74) is -1.12. The van der Waals surface area contributed by atoms with Gasteiger partial charge in [0.1, 0.15) is 11.6 Å². The molecule has 6 heteroatoms. The summed E-state index contributed by atoms with van der Waals surface area (Å²) in [6.45, 7) is 1.25. The summed E-state index contributed by atoms with van der Waals surface area (Å²) < 4.78 is 18.3. The number of carbonyl (C=O) groups excluding carboxylic acids is 2. The maximum absolute atomic E-state index is 13.7. The van der Waals surface area contributed by atoms with E-state index in [9.17, 15) is 14.0 Å². The Morgan fingerprint density at radius 2 is 1.89 bits per heavy atom. The average Bonchev–Trinajstić information content (AvgIpc) is 2.40. The van der Waals surface area contributed by atoms with Crippen LogP contribution in [0, 0.1) is 5.82 Å². The predicted octanol–water partition coefficient (Wildman–Crippen LogP) is 3.19. The summed E-state index contributed by atoms with van der Waals surface area (Å²) in [5.74, 6) is -0.962. The highest BCUT2D eigenvalue weighted by Crippen LogP contribution is 2.21. The van der Waals surface area contributed by atoms with Crippen LogP contribution >= 0.6 is 11.6 Å². The Hall–Kier alpha value is -1.62. The molecule has 1 fully saturated rings. The third kappa shape index (κ3) is 3.44. The minimum atomic E-state index is -1.03. The molecule has 2 rings (SSSR count). The zero-order chi connectivity index (χ0) is 13.8. The van der Waals surface area contributed by atoms with E-state index >= 15 is 0 Å². The molecule has 0 aliphatic carbocycles. The van der Waals surface area contributed by atoms with Crippen molar-refractivity contribution >= 4 is 22.9 Å². The van der Waals surface area contributed by atoms with E-state index in [4.69, 9.17) is 11.6 Å². The molecule has 0 saturated carbocycles. The zero-order valence-corrected chi connectivity index (χ0v) is 11.0. The van der Waals surface area contributed by atoms with Crippen LogP contribution in [-0.4, -0.2) is 29.3 Å². The Labute approximate surface area is 115 Å². The van der Waals surface area contributed by atoms with Gasteiger partial charge in [0.05, 0.1) is 5.56 Å². The molecule has 1 aromatic carbocycles. The molecule has 102 valence electrons. The lowest BCUT2D eigenvalue weighted by Gasteiger charge is -2.26. The lowest BCUT2D eigenvalue weighted by Crippen LogP contribution is -2.36. The molecule has 0 radical (unpaired) electrons. The van der Waals surface area contributed by atoms with Crippen molar-refractivity contribution in [1.82, 2.24) is 4.90 Å². The first kappa shape index (κ1) is 13.8. The quantitative estimate of drug-likeness (QED) is 0.784. The summed E-state index contributed by atoms with van der Waals surface area (Å²) in [6, 6.07) is 3.54. The molecule has 0 bridgehead atoms. The monoisotopic (exact) mass is 285 g/mol. The molecule has 0 N–H and O–H groups in total. The van der Waals surface area contributed by atoms with Crippen LogP contribution in [0.5, 0.6) is 5.75 Å². The first-order valence-electron chi connectivity index (χ1n) is 6.04. The van der Waals surface area contributed by atoms with Crippen LogP contribution in [0.3, 0.4) is 0 Å². The fraction of sp³-hybridized carbons (Fsp3) is 0.385. The topological polar surface area (TPSA) is 46.6 Å². The number of carbonyl (C=O) groups is 2. The number of halogens is 2. The third-order valence-electron chi connectivity index (χ3n) is 3.01. The highest BCUT2D eigenvalue weighted by Gasteiger charge is 2.21. The summed E-state index contributed by atoms with van der Waals surface area (Å²) in [4.78, 5) is 24.4. The molecule has 4 nitrogen and oxygen atoms in total. The first-order valence-corrected chi connectivity index (χ1v) is 6.42. The number of hydrogen-bond acceptors (Lipinski definition) is 3. The summed E-state index contributed by atoms with van der Waals surface area (Å²) in [5, 5.41) is 0. The van der Waals surface area contributed by atoms with Crippen LogP contribution in [0.1, 0.15) is 29.6 Å². The second-order valence-corrected chi connectivity index (χ2v) is 4.64. The van der Waals surface area contributed by atoms with Gasteiger partial charge in [-0.3, -0.25) is 4.79 Å². The lowest BCUT2D eigenvalue weighted by molar-refractivity contribution is 0.0719. The highest BCUT2D eigenvalue weighted by atomic mass is 35.5. The standard InChI is InChI=1S/C13H13ClFNO3/c14-13(18)19-9-4-5-11(15)10(8-9)12(17)16-6-2-1-3-7-16/h4-5,8H,1-3,6-7H2. The van der Waals surface area contributed by atoms with Gasteiger partial charge < -0.3 is 9.64 Å². The minimum absolute atomic E-state index is 0.0572. The van der Waals surface area contributed by atoms with Crippen LogP contribution in [0.4, 0.5) is 9.18 Å². The van der Waals surface area contributed by atoms with Gasteiger partial charge in [0.2, 0.25) is 0 Å². The van der Waals surface area contributed by atoms with E-state index < -0.39 is 11.2 Å². The van der Waals surface area contributed by atoms with Crippen molar-refractivity contribution < 1.29 is 18.7 Å². The van der Waals surface area contributed by atoms with E-state index in [1.54, 1.807) is 4.90 Å². The minimum Gasteiger partial charge on any atom is -0.414 e. The van der Waals surface area contributed by atoms with E-state index in [1.165, 1.54) is 12.1 Å². The Bertz CT molecular complexity index is 501. The van der Waals surface area contributed by atoms with Crippen molar-refractivity contribution in [3.8, 4) is 5.75 Å². The van der Waals surface area contributed by atoms with Crippen LogP contribution in [0.15, 0.2) is 18.2 Å². The smallest absolute Gasteiger partial charge is 0.409 e. The van der Waals surface area contributed by atoms with Gasteiger partial charge >= 0.3 is 5.43 Å². The van der Waals surface area contributed by atoms with E-state index in [0.29, 0.717) is 13.1 Å². The molecular weight excluding hydrogens is 273 g/mol. The maximum Gasteiger partial charge on any atom is 0.409 e. The van der Waals surface area contributed by atoms with Gasteiger partial charge in [0.15, 0.2) is 0 Å². The van der Waals surface area contributed by atoms with Crippen LogP contribution in [0.25, 0.3) is 0 Å². The van der Waals surface area contributed by atoms with Crippen LogP contribution in [0.2, 0.25) is 0 Å². The molecule has 0 aromatic heterocycles. The summed E-state index contributed by atoms with van der Waals surface area (Å²) in [7, 11) is 0. The van der Waals surface area contributed by atoms with Crippen molar-refractivity contribution in [2.75, 3.05) is 13.1 Å². The molecule has 0 unspecified atom stereocenters. The van der Waals surface area contributed by atoms with Gasteiger partial charge in [-0.25, -0.2) is 9.18 Å². The SMILES string of the molecule is O=C(Cl)Oc1ccc(F)c(C(=O)N2CCCCC2)c1. The van der Waals surface area contributed by atoms with Crippen molar-refractivity contribution in [2.24, 2.45) is 0 Å². The van der Waals surface area contributed by atoms with E-state index in [-0.39, 0.29) is 17.2 Å². The van der Waals surface area contributed by atoms with Gasteiger partial charge in [-0.1, -0.05) is 0 Å². The first-order chi connectivity index (χ1) is 9.08. The number of nitrogens with zero attached hydrogens (tertiary/aromatic N) is 1. The van der Waals surface area contributed by atoms with Crippen LogP contribution < -0.4 is 4.74 Å². The molecule has 19 heavy (non-hydrogen) atoms.